The number of carbonyl (C=O) groups is 1. The van der Waals surface area contributed by atoms with Crippen molar-refractivity contribution in [1.82, 2.24) is 24.2 Å². The number of aromatic nitrogens is 4. The smallest absolute Gasteiger partial charge is 0.299 e. The Morgan fingerprint density at radius 1 is 1.25 bits per heavy atom. The summed E-state index contributed by atoms with van der Waals surface area (Å²) in [6.45, 7) is 1.69. The van der Waals surface area contributed by atoms with Crippen molar-refractivity contribution in [3.05, 3.63) is 64.0 Å². The molecule has 0 bridgehead atoms. The Morgan fingerprint density at radius 2 is 2.04 bits per heavy atom. The van der Waals surface area contributed by atoms with Crippen LogP contribution in [-0.4, -0.2) is 29.7 Å². The average molecular weight is 396 g/mol. The van der Waals surface area contributed by atoms with Gasteiger partial charge in [-0.05, 0) is 25.1 Å². The van der Waals surface area contributed by atoms with E-state index in [1.165, 1.54) is 12.1 Å². The highest BCUT2D eigenvalue weighted by Gasteiger charge is 2.22. The first-order valence-electron chi connectivity index (χ1n) is 8.13. The van der Waals surface area contributed by atoms with E-state index < -0.39 is 16.9 Å². The Bertz CT molecular complexity index is 1170. The monoisotopic (exact) mass is 396 g/mol. The molecule has 0 fully saturated rings. The highest BCUT2D eigenvalue weighted by molar-refractivity contribution is 7.00. The molecule has 1 amide bonds. The van der Waals surface area contributed by atoms with Crippen LogP contribution in [0.4, 0.5) is 5.69 Å². The summed E-state index contributed by atoms with van der Waals surface area (Å²) in [5.41, 5.74) is 1.05. The molecule has 0 aliphatic carbocycles. The number of hydrogen-bond donors (Lipinski definition) is 1. The van der Waals surface area contributed by atoms with Gasteiger partial charge in [-0.1, -0.05) is 23.4 Å². The molecule has 0 saturated heterocycles. The van der Waals surface area contributed by atoms with E-state index in [9.17, 15) is 14.9 Å². The number of nitro benzene ring substituents is 1. The van der Waals surface area contributed by atoms with Crippen LogP contribution in [0.5, 0.6) is 0 Å². The molecule has 11 heteroatoms. The Labute approximate surface area is 161 Å². The second-order valence-corrected chi connectivity index (χ2v) is 6.43. The molecule has 0 aliphatic heterocycles. The highest BCUT2D eigenvalue weighted by Crippen LogP contribution is 2.26. The molecule has 28 heavy (non-hydrogen) atoms. The summed E-state index contributed by atoms with van der Waals surface area (Å²) in [6.07, 6.45) is 0. The van der Waals surface area contributed by atoms with Gasteiger partial charge in [0.05, 0.1) is 22.7 Å². The molecular formula is C17H12N6O4S. The maximum atomic E-state index is 12.6. The molecule has 0 spiro atoms. The zero-order valence-electron chi connectivity index (χ0n) is 14.4. The summed E-state index contributed by atoms with van der Waals surface area (Å²) in [4.78, 5) is 27.5. The number of rotatable bonds is 5. The van der Waals surface area contributed by atoms with Crippen molar-refractivity contribution in [3.8, 4) is 11.5 Å². The van der Waals surface area contributed by atoms with E-state index in [1.54, 1.807) is 6.92 Å². The molecule has 2 aromatic carbocycles. The lowest BCUT2D eigenvalue weighted by Crippen LogP contribution is -2.27. The van der Waals surface area contributed by atoms with Crippen molar-refractivity contribution in [2.24, 2.45) is 0 Å². The van der Waals surface area contributed by atoms with Gasteiger partial charge in [-0.2, -0.15) is 13.7 Å². The van der Waals surface area contributed by atoms with Crippen LogP contribution in [0.3, 0.4) is 0 Å². The molecule has 1 unspecified atom stereocenters. The number of carbonyl (C=O) groups excluding carboxylic acids is 1. The molecule has 10 nitrogen and oxygen atoms in total. The molecule has 2 heterocycles. The van der Waals surface area contributed by atoms with Crippen LogP contribution in [0.2, 0.25) is 0 Å². The van der Waals surface area contributed by atoms with Gasteiger partial charge in [0.2, 0.25) is 0 Å². The fraction of sp³-hybridized carbons (Fsp3) is 0.118. The first kappa shape index (κ1) is 17.7. The fourth-order valence-electron chi connectivity index (χ4n) is 2.60. The van der Waals surface area contributed by atoms with Gasteiger partial charge < -0.3 is 9.84 Å². The quantitative estimate of drug-likeness (QED) is 0.401. The van der Waals surface area contributed by atoms with Gasteiger partial charge in [0.15, 0.2) is 11.3 Å². The third-order valence-corrected chi connectivity index (χ3v) is 4.54. The number of benzene rings is 2. The molecule has 2 aromatic heterocycles. The SMILES string of the molecule is CC(NC(=O)c1cc([N+](=O)[O-])c2nsnc2c1)c1noc(-c2ccccc2)n1. The van der Waals surface area contributed by atoms with Crippen LogP contribution in [0.1, 0.15) is 29.1 Å². The summed E-state index contributed by atoms with van der Waals surface area (Å²) in [5, 5.41) is 17.9. The Morgan fingerprint density at radius 3 is 2.79 bits per heavy atom. The molecule has 0 saturated carbocycles. The van der Waals surface area contributed by atoms with Crippen LogP contribution < -0.4 is 5.32 Å². The van der Waals surface area contributed by atoms with Crippen molar-refractivity contribution in [1.29, 1.82) is 0 Å². The van der Waals surface area contributed by atoms with Crippen LogP contribution in [0, 0.1) is 10.1 Å². The molecule has 1 N–H and O–H groups in total. The number of amides is 1. The normalized spacial score (nSPS) is 12.0. The summed E-state index contributed by atoms with van der Waals surface area (Å²) in [6, 6.07) is 11.3. The average Bonchev–Trinajstić information content (AvgIpc) is 3.37. The predicted molar refractivity (Wildman–Crippen MR) is 99.7 cm³/mol. The standard InChI is InChI=1S/C17H12N6O4S/c1-9(15-19-17(27-20-15)10-5-3-2-4-6-10)18-16(24)11-7-12-14(22-28-21-12)13(8-11)23(25)26/h2-9H,1H3,(H,18,24). The number of non-ortho nitro benzene ring substituents is 1. The van der Waals surface area contributed by atoms with Crippen LogP contribution in [-0.2, 0) is 0 Å². The van der Waals surface area contributed by atoms with Crippen molar-refractivity contribution < 1.29 is 14.2 Å². The number of fused-ring (bicyclic) bond motifs is 1. The molecule has 0 aliphatic rings. The van der Waals surface area contributed by atoms with Gasteiger partial charge >= 0.3 is 0 Å². The number of nitrogens with zero attached hydrogens (tertiary/aromatic N) is 5. The van der Waals surface area contributed by atoms with Crippen molar-refractivity contribution in [2.75, 3.05) is 0 Å². The van der Waals surface area contributed by atoms with Gasteiger partial charge in [0, 0.05) is 17.2 Å². The summed E-state index contributed by atoms with van der Waals surface area (Å²) in [7, 11) is 0. The largest absolute Gasteiger partial charge is 0.342 e. The minimum atomic E-state index is -0.588. The first-order valence-corrected chi connectivity index (χ1v) is 8.86. The fourth-order valence-corrected chi connectivity index (χ4v) is 3.13. The molecule has 4 aromatic rings. The topological polar surface area (TPSA) is 137 Å². The summed E-state index contributed by atoms with van der Waals surface area (Å²) in [5.74, 6) is 0.108. The van der Waals surface area contributed by atoms with Gasteiger partial charge in [-0.25, -0.2) is 0 Å². The molecule has 0 radical (unpaired) electrons. The minimum Gasteiger partial charge on any atom is -0.342 e. The van der Waals surface area contributed by atoms with Crippen molar-refractivity contribution in [2.45, 2.75) is 13.0 Å². The molecule has 1 atom stereocenters. The van der Waals surface area contributed by atoms with Gasteiger partial charge in [0.1, 0.15) is 5.52 Å². The lowest BCUT2D eigenvalue weighted by molar-refractivity contribution is -0.383. The first-order chi connectivity index (χ1) is 13.5. The third-order valence-electron chi connectivity index (χ3n) is 4.00. The van der Waals surface area contributed by atoms with Crippen LogP contribution >= 0.6 is 11.7 Å². The lowest BCUT2D eigenvalue weighted by Gasteiger charge is -2.10. The van der Waals surface area contributed by atoms with E-state index >= 15 is 0 Å². The maximum Gasteiger partial charge on any atom is 0.299 e. The number of nitro groups is 1. The molecular weight excluding hydrogens is 384 g/mol. The van der Waals surface area contributed by atoms with Crippen molar-refractivity contribution >= 4 is 34.4 Å². The predicted octanol–water partition coefficient (Wildman–Crippen LogP) is 3.14. The van der Waals surface area contributed by atoms with Gasteiger partial charge in [-0.3, -0.25) is 14.9 Å². The second kappa shape index (κ2) is 7.12. The van der Waals surface area contributed by atoms with E-state index in [0.29, 0.717) is 11.4 Å². The lowest BCUT2D eigenvalue weighted by atomic mass is 10.1. The van der Waals surface area contributed by atoms with Crippen molar-refractivity contribution in [3.63, 3.8) is 0 Å². The molecule has 4 rings (SSSR count). The van der Waals surface area contributed by atoms with E-state index in [1.807, 2.05) is 30.3 Å². The third kappa shape index (κ3) is 3.30. The van der Waals surface area contributed by atoms with E-state index in [4.69, 9.17) is 4.52 Å². The Hall–Kier alpha value is -3.73. The van der Waals surface area contributed by atoms with E-state index in [0.717, 1.165) is 17.3 Å². The number of nitrogens with one attached hydrogen (secondary N) is 1. The summed E-state index contributed by atoms with van der Waals surface area (Å²) >= 11 is 0.848. The number of hydrogen-bond acceptors (Lipinski definition) is 9. The van der Waals surface area contributed by atoms with E-state index in [-0.39, 0.29) is 22.6 Å². The highest BCUT2D eigenvalue weighted by atomic mass is 32.1. The maximum absolute atomic E-state index is 12.6. The zero-order chi connectivity index (χ0) is 19.7. The van der Waals surface area contributed by atoms with Crippen LogP contribution in [0.25, 0.3) is 22.5 Å². The second-order valence-electron chi connectivity index (χ2n) is 5.90. The van der Waals surface area contributed by atoms with Gasteiger partial charge in [-0.15, -0.1) is 0 Å². The van der Waals surface area contributed by atoms with Crippen LogP contribution in [0.15, 0.2) is 47.0 Å². The zero-order valence-corrected chi connectivity index (χ0v) is 15.2. The Kier molecular flexibility index (Phi) is 4.49. The van der Waals surface area contributed by atoms with E-state index in [2.05, 4.69) is 24.2 Å². The molecule has 140 valence electrons. The van der Waals surface area contributed by atoms with Gasteiger partial charge in [0.25, 0.3) is 17.5 Å². The summed E-state index contributed by atoms with van der Waals surface area (Å²) < 4.78 is 13.1. The Balaban J connectivity index is 1.56. The minimum absolute atomic E-state index is 0.102.